The summed E-state index contributed by atoms with van der Waals surface area (Å²) in [4.78, 5) is 42.6. The van der Waals surface area contributed by atoms with Crippen LogP contribution < -0.4 is 20.3 Å². The van der Waals surface area contributed by atoms with Crippen LogP contribution in [0.1, 0.15) is 35.2 Å². The number of rotatable bonds is 16. The fourth-order valence-electron chi connectivity index (χ4n) is 6.81. The van der Waals surface area contributed by atoms with Crippen molar-refractivity contribution in [3.05, 3.63) is 148 Å². The molecule has 0 spiro atoms. The molecule has 1 aliphatic heterocycles. The fourth-order valence-corrected chi connectivity index (χ4v) is 8.88. The molecule has 5 aromatic carbocycles. The zero-order chi connectivity index (χ0) is 40.6. The lowest BCUT2D eigenvalue weighted by atomic mass is 9.99. The van der Waals surface area contributed by atoms with Crippen molar-refractivity contribution >= 4 is 62.3 Å². The van der Waals surface area contributed by atoms with E-state index in [9.17, 15) is 28.1 Å². The fraction of sp³-hybridized carbons (Fsp3) is 0.256. The van der Waals surface area contributed by atoms with Crippen LogP contribution in [0.3, 0.4) is 0 Å². The number of hydrogen-bond donors (Lipinski definition) is 3. The van der Waals surface area contributed by atoms with E-state index < -0.39 is 37.5 Å². The number of thioether (sulfide) groups is 1. The smallest absolute Gasteiger partial charge is 0.293 e. The van der Waals surface area contributed by atoms with Crippen molar-refractivity contribution in [2.45, 2.75) is 47.7 Å². The third-order valence-electron chi connectivity index (χ3n) is 10.1. The molecular formula is C43H43ClN6O6S2. The Labute approximate surface area is 347 Å². The predicted octanol–water partition coefficient (Wildman–Crippen LogP) is 7.60. The second-order valence-electron chi connectivity index (χ2n) is 14.4. The molecule has 1 heterocycles. The first-order valence-corrected chi connectivity index (χ1v) is 21.9. The van der Waals surface area contributed by atoms with Crippen LogP contribution in [0, 0.1) is 10.1 Å². The molecule has 7 rings (SSSR count). The zero-order valence-electron chi connectivity index (χ0n) is 31.6. The number of sulfonamides is 1. The van der Waals surface area contributed by atoms with Crippen LogP contribution in [-0.2, 0) is 21.4 Å². The molecular weight excluding hydrogens is 796 g/mol. The first kappa shape index (κ1) is 40.8. The molecule has 1 atom stereocenters. The minimum atomic E-state index is -4.49. The van der Waals surface area contributed by atoms with Crippen molar-refractivity contribution in [1.29, 1.82) is 0 Å². The summed E-state index contributed by atoms with van der Waals surface area (Å²) in [6.07, 6.45) is 1.92. The van der Waals surface area contributed by atoms with Gasteiger partial charge in [0.1, 0.15) is 5.69 Å². The highest BCUT2D eigenvalue weighted by Crippen LogP contribution is 2.31. The van der Waals surface area contributed by atoms with Gasteiger partial charge in [0.2, 0.25) is 5.91 Å². The summed E-state index contributed by atoms with van der Waals surface area (Å²) in [5.41, 5.74) is 4.12. The minimum absolute atomic E-state index is 0.0623. The maximum absolute atomic E-state index is 13.4. The van der Waals surface area contributed by atoms with Crippen LogP contribution in [-0.4, -0.2) is 74.1 Å². The normalized spacial score (nSPS) is 15.0. The van der Waals surface area contributed by atoms with Crippen LogP contribution >= 0.6 is 23.4 Å². The van der Waals surface area contributed by atoms with Crippen LogP contribution in [0.2, 0.25) is 5.02 Å². The largest absolute Gasteiger partial charge is 0.375 e. The molecule has 2 aliphatic rings. The summed E-state index contributed by atoms with van der Waals surface area (Å²) in [6, 6.07) is 35.6. The summed E-state index contributed by atoms with van der Waals surface area (Å²) in [7, 11) is -4.49. The lowest BCUT2D eigenvalue weighted by Gasteiger charge is -2.36. The van der Waals surface area contributed by atoms with Crippen molar-refractivity contribution in [1.82, 2.24) is 14.9 Å². The SMILES string of the molecule is O=C(C[C@H](CSc1ccccc1)Nc1ccc(S(=O)(=O)NC(=O)c2ccc(N3CCN(Cc4ccccc4-c4ccc(Cl)cc4)CC3)cc2)cc1[N+](=O)[O-])NC1CC1. The summed E-state index contributed by atoms with van der Waals surface area (Å²) in [5, 5.41) is 19.0. The van der Waals surface area contributed by atoms with Gasteiger partial charge in [0, 0.05) is 84.2 Å². The summed E-state index contributed by atoms with van der Waals surface area (Å²) >= 11 is 7.61. The standard InChI is InChI=1S/C43H43ClN6O6S2/c44-33-14-10-30(11-15-33)39-9-5-4-6-32(39)28-48-22-24-49(25-23-48)36-18-12-31(13-19-36)43(52)47-58(55,56)38-20-21-40(41(27-38)50(53)54)45-35(26-42(51)46-34-16-17-34)29-57-37-7-2-1-3-8-37/h1-15,18-21,27,34-35,45H,16-17,22-26,28-29H2,(H,46,51)(H,47,52)/t35-/m1/s1. The molecule has 0 aromatic heterocycles. The molecule has 2 amide bonds. The first-order valence-electron chi connectivity index (χ1n) is 19.0. The molecule has 1 saturated carbocycles. The van der Waals surface area contributed by atoms with Gasteiger partial charge in [0.15, 0.2) is 0 Å². The van der Waals surface area contributed by atoms with E-state index in [-0.39, 0.29) is 29.6 Å². The van der Waals surface area contributed by atoms with Crippen LogP contribution in [0.5, 0.6) is 0 Å². The lowest BCUT2D eigenvalue weighted by molar-refractivity contribution is -0.384. The number of anilines is 2. The molecule has 3 N–H and O–H groups in total. The van der Waals surface area contributed by atoms with Gasteiger partial charge >= 0.3 is 0 Å². The molecule has 58 heavy (non-hydrogen) atoms. The Morgan fingerprint density at radius 1 is 0.862 bits per heavy atom. The third-order valence-corrected chi connectivity index (χ3v) is 12.8. The second kappa shape index (κ2) is 18.5. The van der Waals surface area contributed by atoms with Crippen molar-refractivity contribution in [3.8, 4) is 11.1 Å². The van der Waals surface area contributed by atoms with Gasteiger partial charge in [-0.3, -0.25) is 24.6 Å². The van der Waals surface area contributed by atoms with E-state index in [1.807, 2.05) is 60.7 Å². The van der Waals surface area contributed by atoms with Gasteiger partial charge in [-0.1, -0.05) is 66.2 Å². The molecule has 12 nitrogen and oxygen atoms in total. The van der Waals surface area contributed by atoms with Gasteiger partial charge in [0.05, 0.1) is 9.82 Å². The lowest BCUT2D eigenvalue weighted by Crippen LogP contribution is -2.46. The maximum Gasteiger partial charge on any atom is 0.293 e. The molecule has 0 bridgehead atoms. The van der Waals surface area contributed by atoms with E-state index in [2.05, 4.69) is 43.4 Å². The average molecular weight is 839 g/mol. The number of piperazine rings is 1. The molecule has 0 unspecified atom stereocenters. The third kappa shape index (κ3) is 10.7. The highest BCUT2D eigenvalue weighted by molar-refractivity contribution is 7.99. The van der Waals surface area contributed by atoms with Crippen molar-refractivity contribution in [3.63, 3.8) is 0 Å². The number of nitro groups is 1. The van der Waals surface area contributed by atoms with E-state index in [4.69, 9.17) is 11.6 Å². The van der Waals surface area contributed by atoms with Gasteiger partial charge < -0.3 is 15.5 Å². The second-order valence-corrected chi connectivity index (χ2v) is 17.6. The Kier molecular flexibility index (Phi) is 13.0. The topological polar surface area (TPSA) is 154 Å². The summed E-state index contributed by atoms with van der Waals surface area (Å²) in [6.45, 7) is 4.01. The Morgan fingerprint density at radius 2 is 1.55 bits per heavy atom. The molecule has 1 saturated heterocycles. The maximum atomic E-state index is 13.4. The number of halogens is 1. The van der Waals surface area contributed by atoms with E-state index >= 15 is 0 Å². The van der Waals surface area contributed by atoms with Crippen molar-refractivity contribution < 1.29 is 22.9 Å². The average Bonchev–Trinajstić information content (AvgIpc) is 4.05. The van der Waals surface area contributed by atoms with Crippen LogP contribution in [0.25, 0.3) is 11.1 Å². The monoisotopic (exact) mass is 838 g/mol. The number of carbonyl (C=O) groups is 2. The highest BCUT2D eigenvalue weighted by atomic mass is 35.5. The zero-order valence-corrected chi connectivity index (χ0v) is 33.9. The van der Waals surface area contributed by atoms with Crippen LogP contribution in [0.4, 0.5) is 17.1 Å². The predicted molar refractivity (Wildman–Crippen MR) is 229 cm³/mol. The quantitative estimate of drug-likeness (QED) is 0.0515. The molecule has 15 heteroatoms. The van der Waals surface area contributed by atoms with E-state index in [1.54, 1.807) is 24.3 Å². The van der Waals surface area contributed by atoms with Gasteiger partial charge in [0.25, 0.3) is 21.6 Å². The van der Waals surface area contributed by atoms with Gasteiger partial charge in [-0.05, 0) is 90.2 Å². The Morgan fingerprint density at radius 3 is 2.24 bits per heavy atom. The van der Waals surface area contributed by atoms with E-state index in [0.29, 0.717) is 10.8 Å². The van der Waals surface area contributed by atoms with E-state index in [1.165, 1.54) is 35.0 Å². The molecule has 5 aromatic rings. The number of nitrogens with zero attached hydrogens (tertiary/aromatic N) is 3. The number of amides is 2. The van der Waals surface area contributed by atoms with E-state index in [0.717, 1.165) is 67.8 Å². The first-order chi connectivity index (χ1) is 28.0. The van der Waals surface area contributed by atoms with Crippen LogP contribution in [0.15, 0.2) is 131 Å². The van der Waals surface area contributed by atoms with Crippen molar-refractivity contribution in [2.75, 3.05) is 42.1 Å². The number of nitrogens with one attached hydrogen (secondary N) is 3. The molecule has 2 fully saturated rings. The number of benzene rings is 5. The van der Waals surface area contributed by atoms with Crippen molar-refractivity contribution in [2.24, 2.45) is 0 Å². The minimum Gasteiger partial charge on any atom is -0.375 e. The Hall–Kier alpha value is -5.41. The summed E-state index contributed by atoms with van der Waals surface area (Å²) < 4.78 is 28.8. The Bertz CT molecular complexity index is 2360. The molecule has 1 aliphatic carbocycles. The number of carbonyl (C=O) groups excluding carboxylic acids is 2. The van der Waals surface area contributed by atoms with Gasteiger partial charge in [-0.25, -0.2) is 13.1 Å². The number of hydrogen-bond acceptors (Lipinski definition) is 10. The van der Waals surface area contributed by atoms with Gasteiger partial charge in [-0.15, -0.1) is 11.8 Å². The number of nitro benzene ring substituents is 1. The summed E-state index contributed by atoms with van der Waals surface area (Å²) in [5.74, 6) is -0.608. The molecule has 0 radical (unpaired) electrons. The van der Waals surface area contributed by atoms with Gasteiger partial charge in [-0.2, -0.15) is 0 Å². The Balaban J connectivity index is 0.961. The highest BCUT2D eigenvalue weighted by Gasteiger charge is 2.28. The molecule has 300 valence electrons.